The standard InChI is InChI=1S/C13H17Cl2NO2/c1-16-6-4-12(17)13(5-7-16)18-9-2-3-10(14)11(15)8-9/h2-3,8,12-13,17H,4-7H2,1H3/t12-,13-/m0/s1. The minimum Gasteiger partial charge on any atom is -0.488 e. The monoisotopic (exact) mass is 289 g/mol. The Balaban J connectivity index is 2.05. The summed E-state index contributed by atoms with van der Waals surface area (Å²) in [5, 5.41) is 11.0. The molecule has 3 nitrogen and oxygen atoms in total. The van der Waals surface area contributed by atoms with Crippen molar-refractivity contribution in [2.24, 2.45) is 0 Å². The summed E-state index contributed by atoms with van der Waals surface area (Å²) in [5.41, 5.74) is 0. The first kappa shape index (κ1) is 13.9. The topological polar surface area (TPSA) is 32.7 Å². The lowest BCUT2D eigenvalue weighted by Crippen LogP contribution is -2.31. The molecule has 1 N–H and O–H groups in total. The summed E-state index contributed by atoms with van der Waals surface area (Å²) >= 11 is 11.8. The average Bonchev–Trinajstić information content (AvgIpc) is 2.49. The minimum atomic E-state index is -0.440. The van der Waals surface area contributed by atoms with Gasteiger partial charge in [0.2, 0.25) is 0 Å². The van der Waals surface area contributed by atoms with Crippen LogP contribution in [0.1, 0.15) is 12.8 Å². The lowest BCUT2D eigenvalue weighted by atomic mass is 10.1. The fourth-order valence-electron chi connectivity index (χ4n) is 2.05. The van der Waals surface area contributed by atoms with E-state index in [9.17, 15) is 5.11 Å². The highest BCUT2D eigenvalue weighted by molar-refractivity contribution is 6.42. The second-order valence-corrected chi connectivity index (χ2v) is 5.49. The van der Waals surface area contributed by atoms with Gasteiger partial charge in [-0.25, -0.2) is 0 Å². The molecule has 100 valence electrons. The van der Waals surface area contributed by atoms with Gasteiger partial charge in [0.05, 0.1) is 16.1 Å². The lowest BCUT2D eigenvalue weighted by Gasteiger charge is -2.21. The molecule has 0 bridgehead atoms. The molecule has 5 heteroatoms. The molecule has 0 saturated carbocycles. The van der Waals surface area contributed by atoms with Crippen molar-refractivity contribution in [3.8, 4) is 5.75 Å². The Morgan fingerprint density at radius 2 is 1.94 bits per heavy atom. The largest absolute Gasteiger partial charge is 0.488 e. The van der Waals surface area contributed by atoms with E-state index in [0.29, 0.717) is 15.8 Å². The number of aliphatic hydroxyl groups excluding tert-OH is 1. The highest BCUT2D eigenvalue weighted by Gasteiger charge is 2.25. The molecule has 1 aliphatic rings. The SMILES string of the molecule is CN1CC[C@H](Oc2ccc(Cl)c(Cl)c2)[C@@H](O)CC1. The van der Waals surface area contributed by atoms with Gasteiger partial charge in [-0.05, 0) is 32.0 Å². The molecule has 0 unspecified atom stereocenters. The predicted octanol–water partition coefficient (Wildman–Crippen LogP) is 2.83. The van der Waals surface area contributed by atoms with E-state index in [1.807, 2.05) is 7.05 Å². The maximum absolute atomic E-state index is 10.0. The van der Waals surface area contributed by atoms with Gasteiger partial charge in [0, 0.05) is 19.2 Å². The Kier molecular flexibility index (Phi) is 4.73. The molecular weight excluding hydrogens is 273 g/mol. The van der Waals surface area contributed by atoms with Gasteiger partial charge in [-0.3, -0.25) is 0 Å². The van der Waals surface area contributed by atoms with E-state index < -0.39 is 6.10 Å². The van der Waals surface area contributed by atoms with Crippen LogP contribution in [-0.2, 0) is 0 Å². The van der Waals surface area contributed by atoms with Crippen LogP contribution in [0.3, 0.4) is 0 Å². The van der Waals surface area contributed by atoms with Crippen LogP contribution < -0.4 is 4.74 Å². The number of nitrogens with zero attached hydrogens (tertiary/aromatic N) is 1. The molecule has 2 atom stereocenters. The summed E-state index contributed by atoms with van der Waals surface area (Å²) in [6, 6.07) is 5.16. The molecule has 2 rings (SSSR count). The van der Waals surface area contributed by atoms with Crippen LogP contribution in [0.15, 0.2) is 18.2 Å². The molecule has 0 aromatic heterocycles. The summed E-state index contributed by atoms with van der Waals surface area (Å²) in [6.45, 7) is 1.81. The number of halogens is 2. The molecule has 0 aliphatic carbocycles. The van der Waals surface area contributed by atoms with Gasteiger partial charge in [0.15, 0.2) is 0 Å². The van der Waals surface area contributed by atoms with Crippen molar-refractivity contribution in [1.82, 2.24) is 4.90 Å². The first-order valence-corrected chi connectivity index (χ1v) is 6.80. The van der Waals surface area contributed by atoms with Crippen LogP contribution in [0, 0.1) is 0 Å². The molecule has 1 aliphatic heterocycles. The predicted molar refractivity (Wildman–Crippen MR) is 73.6 cm³/mol. The van der Waals surface area contributed by atoms with Crippen LogP contribution in [-0.4, -0.2) is 42.4 Å². The quantitative estimate of drug-likeness (QED) is 0.909. The van der Waals surface area contributed by atoms with E-state index in [4.69, 9.17) is 27.9 Å². The van der Waals surface area contributed by atoms with Crippen LogP contribution in [0.25, 0.3) is 0 Å². The molecule has 0 radical (unpaired) electrons. The van der Waals surface area contributed by atoms with Crippen LogP contribution in [0.5, 0.6) is 5.75 Å². The average molecular weight is 290 g/mol. The summed E-state index contributed by atoms with van der Waals surface area (Å²) in [7, 11) is 2.05. The number of benzene rings is 1. The van der Waals surface area contributed by atoms with E-state index in [-0.39, 0.29) is 6.10 Å². The summed E-state index contributed by atoms with van der Waals surface area (Å²) in [4.78, 5) is 2.20. The lowest BCUT2D eigenvalue weighted by molar-refractivity contribution is 0.0350. The first-order chi connectivity index (χ1) is 8.56. The van der Waals surface area contributed by atoms with Gasteiger partial charge in [0.1, 0.15) is 11.9 Å². The Bertz CT molecular complexity index is 414. The molecule has 0 spiro atoms. The second-order valence-electron chi connectivity index (χ2n) is 4.68. The Labute approximate surface area is 117 Å². The zero-order chi connectivity index (χ0) is 13.1. The van der Waals surface area contributed by atoms with Gasteiger partial charge < -0.3 is 14.7 Å². The summed E-state index contributed by atoms with van der Waals surface area (Å²) < 4.78 is 5.81. The highest BCUT2D eigenvalue weighted by Crippen LogP contribution is 2.28. The van der Waals surface area contributed by atoms with E-state index in [1.54, 1.807) is 18.2 Å². The van der Waals surface area contributed by atoms with Crippen LogP contribution in [0.4, 0.5) is 0 Å². The van der Waals surface area contributed by atoms with Gasteiger partial charge in [-0.1, -0.05) is 23.2 Å². The third-order valence-corrected chi connectivity index (χ3v) is 3.95. The summed E-state index contributed by atoms with van der Waals surface area (Å²) in [6.07, 6.45) is 0.900. The van der Waals surface area contributed by atoms with Gasteiger partial charge in [-0.2, -0.15) is 0 Å². The van der Waals surface area contributed by atoms with Crippen LogP contribution >= 0.6 is 23.2 Å². The van der Waals surface area contributed by atoms with Crippen molar-refractivity contribution in [3.05, 3.63) is 28.2 Å². The smallest absolute Gasteiger partial charge is 0.126 e. The number of hydrogen-bond donors (Lipinski definition) is 1. The Morgan fingerprint density at radius 1 is 1.22 bits per heavy atom. The fourth-order valence-corrected chi connectivity index (χ4v) is 2.34. The molecular formula is C13H17Cl2NO2. The molecule has 1 aromatic rings. The van der Waals surface area contributed by atoms with Crippen molar-refractivity contribution >= 4 is 23.2 Å². The minimum absolute atomic E-state index is 0.188. The van der Waals surface area contributed by atoms with E-state index in [0.717, 1.165) is 25.9 Å². The van der Waals surface area contributed by atoms with E-state index >= 15 is 0 Å². The van der Waals surface area contributed by atoms with Crippen molar-refractivity contribution in [1.29, 1.82) is 0 Å². The fraction of sp³-hybridized carbons (Fsp3) is 0.538. The highest BCUT2D eigenvalue weighted by atomic mass is 35.5. The van der Waals surface area contributed by atoms with Crippen LogP contribution in [0.2, 0.25) is 10.0 Å². The number of ether oxygens (including phenoxy) is 1. The van der Waals surface area contributed by atoms with Gasteiger partial charge in [0.25, 0.3) is 0 Å². The van der Waals surface area contributed by atoms with E-state index in [1.165, 1.54) is 0 Å². The maximum Gasteiger partial charge on any atom is 0.126 e. The van der Waals surface area contributed by atoms with Crippen molar-refractivity contribution in [2.75, 3.05) is 20.1 Å². The molecule has 1 saturated heterocycles. The normalized spacial score (nSPS) is 25.8. The van der Waals surface area contributed by atoms with Gasteiger partial charge >= 0.3 is 0 Å². The van der Waals surface area contributed by atoms with E-state index in [2.05, 4.69) is 4.90 Å². The maximum atomic E-state index is 10.0. The Morgan fingerprint density at radius 3 is 2.67 bits per heavy atom. The molecule has 18 heavy (non-hydrogen) atoms. The van der Waals surface area contributed by atoms with Crippen molar-refractivity contribution in [2.45, 2.75) is 25.0 Å². The van der Waals surface area contributed by atoms with Crippen molar-refractivity contribution in [3.63, 3.8) is 0 Å². The number of likely N-dealkylation sites (tertiary alicyclic amines) is 1. The number of aliphatic hydroxyl groups is 1. The third-order valence-electron chi connectivity index (χ3n) is 3.21. The first-order valence-electron chi connectivity index (χ1n) is 6.04. The van der Waals surface area contributed by atoms with Crippen molar-refractivity contribution < 1.29 is 9.84 Å². The molecule has 1 heterocycles. The molecule has 1 aromatic carbocycles. The van der Waals surface area contributed by atoms with Gasteiger partial charge in [-0.15, -0.1) is 0 Å². The summed E-state index contributed by atoms with van der Waals surface area (Å²) in [5.74, 6) is 0.651. The zero-order valence-corrected chi connectivity index (χ0v) is 11.8. The second kappa shape index (κ2) is 6.11. The number of hydrogen-bond acceptors (Lipinski definition) is 3. The third kappa shape index (κ3) is 3.51. The molecule has 0 amide bonds. The Hall–Kier alpha value is -0.480. The zero-order valence-electron chi connectivity index (χ0n) is 10.3. The number of rotatable bonds is 2. The molecule has 1 fully saturated rings.